The molecule has 78 heavy (non-hydrogen) atoms. The third-order valence-corrected chi connectivity index (χ3v) is 14.3. The van der Waals surface area contributed by atoms with Gasteiger partial charge in [0.25, 0.3) is 0 Å². The molecule has 2 heterocycles. The van der Waals surface area contributed by atoms with Crippen LogP contribution < -0.4 is 0 Å². The van der Waals surface area contributed by atoms with Gasteiger partial charge >= 0.3 is 11.9 Å². The van der Waals surface area contributed by atoms with E-state index in [2.05, 4.69) is 163 Å². The quantitative estimate of drug-likeness (QED) is 0.112. The summed E-state index contributed by atoms with van der Waals surface area (Å²) < 4.78 is 15.2. The number of hydrogen-bond acceptors (Lipinski definition) is 6. The van der Waals surface area contributed by atoms with Gasteiger partial charge in [-0.3, -0.25) is 9.59 Å². The van der Waals surface area contributed by atoms with Crippen molar-refractivity contribution in [3.8, 4) is 45.9 Å². The molecule has 0 unspecified atom stereocenters. The van der Waals surface area contributed by atoms with E-state index < -0.39 is 11.6 Å². The highest BCUT2D eigenvalue weighted by molar-refractivity contribution is 5.74. The minimum absolute atomic E-state index is 0.0806. The molecule has 2 N–H and O–H groups in total. The summed E-state index contributed by atoms with van der Waals surface area (Å²) in [6.45, 7) is 24.2. The van der Waals surface area contributed by atoms with Crippen LogP contribution >= 0.6 is 0 Å². The number of allylic oxidation sites excluding steroid dienone is 4. The van der Waals surface area contributed by atoms with Crippen molar-refractivity contribution in [1.82, 2.24) is 0 Å². The molecule has 2 saturated heterocycles. The summed E-state index contributed by atoms with van der Waals surface area (Å²) in [7, 11) is 1.41. The van der Waals surface area contributed by atoms with Crippen LogP contribution in [0.1, 0.15) is 156 Å². The van der Waals surface area contributed by atoms with Crippen LogP contribution in [-0.2, 0) is 48.5 Å². The van der Waals surface area contributed by atoms with Crippen LogP contribution in [0.4, 0.5) is 0 Å². The second-order valence-electron chi connectivity index (χ2n) is 20.6. The van der Waals surface area contributed by atoms with Crippen LogP contribution in [0.15, 0.2) is 127 Å². The normalized spacial score (nSPS) is 15.4. The standard InChI is InChI=1S/C20H22O2.C18H20O2.C15H18O.C13H16O2.C3H8.C2H6/c1-3-20(10-11-20)17-8-9-18(14(2)12-17)16-6-4-15(5-7-16)13-19(21)22;1-4-14-7-10-17(13(2)11-14)16-8-5-15(6-9-16)12-18(19)20-3;1-12-3-5-15(13(2)11-12)6-4-14-7-9-16-10-8-14;14-13(8-10-15-11-9-13)7-6-12-4-2-1-3-5-12;1-3-2;1-2/h4-9,12H,3,10-11,13H2,1-2H3,(H,21,22);5-11H,4,12H2,1-3H3;3,5,11,14H,7-10H2,1-2H3;2,4-5,14H,1,3,8-11H2;3H2,1-2H3;1-2H3. The molecule has 0 bridgehead atoms. The molecule has 7 heteroatoms. The number of aliphatic hydroxyl groups is 1. The van der Waals surface area contributed by atoms with E-state index in [1.54, 1.807) is 0 Å². The average Bonchev–Trinajstić information content (AvgIpc) is 4.27. The predicted molar refractivity (Wildman–Crippen MR) is 324 cm³/mol. The highest BCUT2D eigenvalue weighted by atomic mass is 16.5. The number of esters is 1. The van der Waals surface area contributed by atoms with Gasteiger partial charge in [-0.05, 0) is 152 Å². The predicted octanol–water partition coefficient (Wildman–Crippen LogP) is 16.0. The lowest BCUT2D eigenvalue weighted by atomic mass is 9.89. The summed E-state index contributed by atoms with van der Waals surface area (Å²) in [5, 5.41) is 18.9. The Morgan fingerprint density at radius 2 is 1.22 bits per heavy atom. The first kappa shape index (κ1) is 64.0. The highest BCUT2D eigenvalue weighted by Gasteiger charge is 2.42. The molecule has 3 fully saturated rings. The van der Waals surface area contributed by atoms with E-state index in [1.165, 1.54) is 82.9 Å². The van der Waals surface area contributed by atoms with Gasteiger partial charge in [0.15, 0.2) is 0 Å². The van der Waals surface area contributed by atoms with Gasteiger partial charge in [0.1, 0.15) is 5.60 Å². The van der Waals surface area contributed by atoms with E-state index in [4.69, 9.17) is 14.6 Å². The number of aliphatic carboxylic acids is 1. The molecule has 0 radical (unpaired) electrons. The molecule has 0 atom stereocenters. The molecule has 2 aliphatic heterocycles. The van der Waals surface area contributed by atoms with Crippen molar-refractivity contribution >= 4 is 11.9 Å². The smallest absolute Gasteiger partial charge is 0.309 e. The van der Waals surface area contributed by atoms with Crippen molar-refractivity contribution in [2.45, 2.75) is 164 Å². The Hall–Kier alpha value is -6.48. The van der Waals surface area contributed by atoms with Crippen molar-refractivity contribution < 1.29 is 34.0 Å². The molecule has 0 amide bonds. The number of carboxylic acids is 1. The first-order chi connectivity index (χ1) is 37.6. The van der Waals surface area contributed by atoms with Crippen molar-refractivity contribution in [2.24, 2.45) is 5.92 Å². The Labute approximate surface area is 469 Å². The van der Waals surface area contributed by atoms with E-state index in [-0.39, 0.29) is 12.4 Å². The van der Waals surface area contributed by atoms with Gasteiger partial charge in [-0.1, -0.05) is 192 Å². The molecule has 4 aliphatic rings. The number of benzene rings is 5. The maximum absolute atomic E-state index is 11.2. The maximum Gasteiger partial charge on any atom is 0.309 e. The van der Waals surface area contributed by atoms with Gasteiger partial charge in [0.05, 0.1) is 33.2 Å². The second-order valence-corrected chi connectivity index (χ2v) is 20.6. The van der Waals surface area contributed by atoms with Gasteiger partial charge in [0, 0.05) is 43.1 Å². The number of hydrogen-bond donors (Lipinski definition) is 2. The molecule has 2 aliphatic carbocycles. The number of methoxy groups -OCH3 is 1. The molecule has 7 nitrogen and oxygen atoms in total. The fourth-order valence-electron chi connectivity index (χ4n) is 9.31. The first-order valence-electron chi connectivity index (χ1n) is 28.7. The van der Waals surface area contributed by atoms with E-state index in [1.807, 2.05) is 56.3 Å². The second kappa shape index (κ2) is 33.7. The van der Waals surface area contributed by atoms with Crippen LogP contribution in [-0.4, -0.2) is 61.3 Å². The van der Waals surface area contributed by atoms with Gasteiger partial charge in [-0.25, -0.2) is 0 Å². The zero-order chi connectivity index (χ0) is 56.9. The van der Waals surface area contributed by atoms with E-state index in [0.29, 0.717) is 43.8 Å². The molecule has 9 rings (SSSR count). The Kier molecular flexibility index (Phi) is 27.7. The van der Waals surface area contributed by atoms with Crippen molar-refractivity contribution in [1.29, 1.82) is 0 Å². The molecular formula is C71H90O7. The maximum atomic E-state index is 11.2. The first-order valence-corrected chi connectivity index (χ1v) is 28.7. The average molecular weight is 1060 g/mol. The topological polar surface area (TPSA) is 102 Å². The summed E-state index contributed by atoms with van der Waals surface area (Å²) in [6, 6.07) is 35.8. The lowest BCUT2D eigenvalue weighted by Crippen LogP contribution is -2.34. The highest BCUT2D eigenvalue weighted by Crippen LogP contribution is 2.51. The molecule has 5 aromatic rings. The summed E-state index contributed by atoms with van der Waals surface area (Å²) in [5.41, 5.74) is 16.4. The van der Waals surface area contributed by atoms with Crippen LogP contribution in [0.3, 0.4) is 0 Å². The lowest BCUT2D eigenvalue weighted by molar-refractivity contribution is -0.140. The summed E-state index contributed by atoms with van der Waals surface area (Å²) in [6.07, 6.45) is 18.4. The number of rotatable bonds is 9. The number of aryl methyl sites for hydroxylation is 5. The van der Waals surface area contributed by atoms with Gasteiger partial charge in [-0.15, -0.1) is 0 Å². The van der Waals surface area contributed by atoms with Crippen LogP contribution in [0, 0.1) is 57.3 Å². The number of carboxylic acid groups (broad SMARTS) is 1. The largest absolute Gasteiger partial charge is 0.481 e. The third kappa shape index (κ3) is 21.4. The van der Waals surface area contributed by atoms with Crippen LogP contribution in [0.2, 0.25) is 0 Å². The van der Waals surface area contributed by atoms with Crippen molar-refractivity contribution in [3.05, 3.63) is 177 Å². The van der Waals surface area contributed by atoms with Crippen molar-refractivity contribution in [2.75, 3.05) is 33.5 Å². The van der Waals surface area contributed by atoms with Crippen LogP contribution in [0.5, 0.6) is 0 Å². The lowest BCUT2D eigenvalue weighted by Gasteiger charge is -2.26. The molecule has 416 valence electrons. The van der Waals surface area contributed by atoms with Crippen molar-refractivity contribution in [3.63, 3.8) is 0 Å². The van der Waals surface area contributed by atoms with E-state index >= 15 is 0 Å². The Balaban J connectivity index is 0.000000220. The summed E-state index contributed by atoms with van der Waals surface area (Å²) >= 11 is 0. The molecule has 1 saturated carbocycles. The molecule has 0 aromatic heterocycles. The Morgan fingerprint density at radius 3 is 1.72 bits per heavy atom. The summed E-state index contributed by atoms with van der Waals surface area (Å²) in [5.74, 6) is 12.2. The monoisotopic (exact) mass is 1050 g/mol. The minimum Gasteiger partial charge on any atom is -0.481 e. The molecule has 0 spiro atoms. The molecule has 5 aromatic carbocycles. The minimum atomic E-state index is -0.829. The van der Waals surface area contributed by atoms with E-state index in [9.17, 15) is 14.7 Å². The number of ether oxygens (including phenoxy) is 3. The molecular weight excluding hydrogens is 965 g/mol. The van der Waals surface area contributed by atoms with E-state index in [0.717, 1.165) is 73.1 Å². The Morgan fingerprint density at radius 1 is 0.654 bits per heavy atom. The van der Waals surface area contributed by atoms with Crippen LogP contribution in [0.25, 0.3) is 22.3 Å². The van der Waals surface area contributed by atoms with Gasteiger partial charge in [0.2, 0.25) is 0 Å². The SMILES string of the molecule is CC.CCC.CCC1(c2ccc(-c3ccc(CC(=O)O)cc3)c(C)c2)CC1.CCc1ccc(-c2ccc(CC(=O)OC)cc2)c(C)c1.Cc1ccc(C#CC2CCOCC2)c(C)c1.OC1(C#CC2=CCCC=C2)CCOCC1. The number of carbonyl (C=O) groups excluding carboxylic acids is 1. The zero-order valence-electron chi connectivity index (χ0n) is 49.1. The fraction of sp³-hybridized carbons (Fsp3) is 0.437. The van der Waals surface area contributed by atoms with Gasteiger partial charge in [-0.2, -0.15) is 0 Å². The fourth-order valence-corrected chi connectivity index (χ4v) is 9.31. The number of carbonyl (C=O) groups is 2. The third-order valence-electron chi connectivity index (χ3n) is 14.3. The Bertz CT molecular complexity index is 2830. The zero-order valence-corrected chi connectivity index (χ0v) is 49.1. The van der Waals surface area contributed by atoms with Gasteiger partial charge < -0.3 is 24.4 Å². The summed E-state index contributed by atoms with van der Waals surface area (Å²) in [4.78, 5) is 22.0.